The van der Waals surface area contributed by atoms with Gasteiger partial charge in [0.05, 0.1) is 33.1 Å². The predicted molar refractivity (Wildman–Crippen MR) is 578 cm³/mol. The highest BCUT2D eigenvalue weighted by Crippen LogP contribution is 2.22. The lowest BCUT2D eigenvalue weighted by Crippen LogP contribution is -1.80. The number of benzene rings is 10. The molecule has 0 fully saturated rings. The molecule has 0 saturated heterocycles. The van der Waals surface area contributed by atoms with Crippen LogP contribution in [-0.2, 0) is 0 Å². The predicted octanol–water partition coefficient (Wildman–Crippen LogP) is 35.7. The molecule has 0 aliphatic rings. The Balaban J connectivity index is 0.000000706. The van der Waals surface area contributed by atoms with Crippen LogP contribution < -0.4 is 0 Å². The third kappa shape index (κ3) is 40.5. The van der Waals surface area contributed by atoms with Crippen LogP contribution in [0.2, 0.25) is 0 Å². The van der Waals surface area contributed by atoms with Gasteiger partial charge in [0.15, 0.2) is 0 Å². The zero-order valence-corrected chi connectivity index (χ0v) is 84.1. The van der Waals surface area contributed by atoms with E-state index < -0.39 is 0 Å². The van der Waals surface area contributed by atoms with Gasteiger partial charge in [0, 0.05) is 140 Å². The normalized spacial score (nSPS) is 9.15. The van der Waals surface area contributed by atoms with Crippen molar-refractivity contribution in [1.82, 2.24) is 49.8 Å². The summed E-state index contributed by atoms with van der Waals surface area (Å²) in [7, 11) is 0. The SMILES string of the molecule is CC.CC.CC.CC.CC.CC.CC.CC.CC.CC.Cc1ccc2ccccc2n1.Cc1ccc2cccnc2c1.Cc1ccc2ccncc2c1.Cc1ccc2cnccc2c1.Cc1ccc2ncccc2c1.Cc1cccc2ncccc12.Cc1ccnc2ccccc12.Cc1cnc2ccccc2c1.Cc1cncc2ccccc12.Cc1nccc2ccccc12. The Hall–Kier alpha value is -13.7. The summed E-state index contributed by atoms with van der Waals surface area (Å²) in [4.78, 5) is 42.0. The molecule has 10 heterocycles. The van der Waals surface area contributed by atoms with E-state index >= 15 is 0 Å². The van der Waals surface area contributed by atoms with Crippen molar-refractivity contribution < 1.29 is 0 Å². The summed E-state index contributed by atoms with van der Waals surface area (Å²) in [6.45, 7) is 60.7. The minimum atomic E-state index is 1.07. The van der Waals surface area contributed by atoms with Crippen LogP contribution in [0.15, 0.2) is 366 Å². The number of hydrogen-bond acceptors (Lipinski definition) is 10. The molecule has 0 N–H and O–H groups in total. The van der Waals surface area contributed by atoms with E-state index in [1.165, 1.54) is 120 Å². The summed E-state index contributed by atoms with van der Waals surface area (Å²) in [5, 5.41) is 17.3. The Kier molecular flexibility index (Phi) is 61.9. The Bertz CT molecular complexity index is 5400. The first-order valence-corrected chi connectivity index (χ1v) is 46.8. The van der Waals surface area contributed by atoms with Crippen molar-refractivity contribution >= 4 is 109 Å². The maximum Gasteiger partial charge on any atom is 0.0705 e. The Morgan fingerprint density at radius 3 is 1.13 bits per heavy atom. The molecule has 0 aliphatic heterocycles. The van der Waals surface area contributed by atoms with Crippen molar-refractivity contribution in [2.24, 2.45) is 0 Å². The van der Waals surface area contributed by atoms with E-state index in [0.717, 1.165) is 44.5 Å². The lowest BCUT2D eigenvalue weighted by atomic mass is 10.1. The molecule has 0 amide bonds. The van der Waals surface area contributed by atoms with E-state index in [4.69, 9.17) is 0 Å². The van der Waals surface area contributed by atoms with Gasteiger partial charge >= 0.3 is 0 Å². The zero-order chi connectivity index (χ0) is 96.8. The molecule has 20 aromatic rings. The topological polar surface area (TPSA) is 129 Å². The first-order valence-electron chi connectivity index (χ1n) is 46.8. The quantitative estimate of drug-likeness (QED) is 0.145. The smallest absolute Gasteiger partial charge is 0.0705 e. The van der Waals surface area contributed by atoms with E-state index in [2.05, 4.69) is 257 Å². The summed E-state index contributed by atoms with van der Waals surface area (Å²) in [6.07, 6.45) is 22.2. The van der Waals surface area contributed by atoms with Crippen molar-refractivity contribution in [3.63, 3.8) is 0 Å². The van der Waals surface area contributed by atoms with Crippen molar-refractivity contribution in [2.75, 3.05) is 0 Å². The van der Waals surface area contributed by atoms with Crippen molar-refractivity contribution in [2.45, 2.75) is 208 Å². The van der Waals surface area contributed by atoms with Crippen LogP contribution in [0.25, 0.3) is 109 Å². The summed E-state index contributed by atoms with van der Waals surface area (Å²) in [5.41, 5.74) is 18.8. The average Bonchev–Trinajstić information content (AvgIpc) is 0.856. The molecule has 10 heteroatoms. The fourth-order valence-electron chi connectivity index (χ4n) is 12.2. The minimum Gasteiger partial charge on any atom is -0.264 e. The van der Waals surface area contributed by atoms with Crippen LogP contribution in [-0.4, -0.2) is 49.8 Å². The van der Waals surface area contributed by atoms with Gasteiger partial charge in [-0.2, -0.15) is 0 Å². The number of aryl methyl sites for hydroxylation is 10. The van der Waals surface area contributed by atoms with Crippen molar-refractivity contribution in [3.05, 3.63) is 421 Å². The molecule has 0 radical (unpaired) electrons. The van der Waals surface area contributed by atoms with Gasteiger partial charge in [-0.15, -0.1) is 0 Å². The van der Waals surface area contributed by atoms with Crippen LogP contribution in [0, 0.1) is 69.2 Å². The number of nitrogens with zero attached hydrogens (tertiary/aromatic N) is 10. The maximum atomic E-state index is 4.38. The summed E-state index contributed by atoms with van der Waals surface area (Å²) >= 11 is 0. The Labute approximate surface area is 782 Å². The highest BCUT2D eigenvalue weighted by atomic mass is 14.7. The second-order valence-electron chi connectivity index (χ2n) is 26.8. The number of hydrogen-bond donors (Lipinski definition) is 0. The van der Waals surface area contributed by atoms with E-state index in [1.807, 2.05) is 366 Å². The monoisotopic (exact) mass is 1730 g/mol. The molecule has 0 aliphatic carbocycles. The number of fused-ring (bicyclic) bond motifs is 10. The van der Waals surface area contributed by atoms with E-state index in [1.54, 1.807) is 0 Å². The summed E-state index contributed by atoms with van der Waals surface area (Å²) in [6, 6.07) is 99.0. The molecule has 130 heavy (non-hydrogen) atoms. The van der Waals surface area contributed by atoms with Crippen molar-refractivity contribution in [3.8, 4) is 0 Å². The van der Waals surface area contributed by atoms with Crippen LogP contribution >= 0.6 is 0 Å². The van der Waals surface area contributed by atoms with E-state index in [0.29, 0.717) is 0 Å². The lowest BCUT2D eigenvalue weighted by molar-refractivity contribution is 1.24. The van der Waals surface area contributed by atoms with Gasteiger partial charge in [0.25, 0.3) is 0 Å². The molecule has 0 unspecified atom stereocenters. The van der Waals surface area contributed by atoms with Gasteiger partial charge < -0.3 is 0 Å². The van der Waals surface area contributed by atoms with Gasteiger partial charge in [-0.3, -0.25) is 49.8 Å². The minimum absolute atomic E-state index is 1.07. The van der Waals surface area contributed by atoms with Crippen LogP contribution in [0.5, 0.6) is 0 Å². The summed E-state index contributed by atoms with van der Waals surface area (Å²) in [5.74, 6) is 0. The van der Waals surface area contributed by atoms with Gasteiger partial charge in [-0.1, -0.05) is 343 Å². The molecule has 10 aromatic heterocycles. The molecule has 0 bridgehead atoms. The number of aromatic nitrogens is 10. The standard InChI is InChI=1S/10C10H9N.10C2H6/c1-8-4-2-6-10-9(8)5-3-7-11-10;1-8-2-3-10-7-11-5-4-9(10)6-8;1-8-2-3-9-4-5-11-7-10(9)6-8;1-8-4-5-10-9(7-8)3-2-6-11-10;1-8-4-5-9-3-2-6-11-10(9)7-8;1-8-6-11-7-9-4-2-3-5-10(8)9;1-8-6-9-4-2-3-5-10(9)11-7-8;1-8-10-5-3-2-4-9(10)6-7-11-8;1-8-6-7-11-10-5-3-2-4-9(8)10;1-8-6-7-9-4-2-3-5-10(9)11-8;10*1-2/h10*2-7H,1H3;10*1-2H3. The molecule has 680 valence electrons. The lowest BCUT2D eigenvalue weighted by Gasteiger charge is -1.98. The maximum absolute atomic E-state index is 4.38. The van der Waals surface area contributed by atoms with Gasteiger partial charge in [0.1, 0.15) is 0 Å². The zero-order valence-electron chi connectivity index (χ0n) is 84.1. The fourth-order valence-corrected chi connectivity index (χ4v) is 12.2. The van der Waals surface area contributed by atoms with Gasteiger partial charge in [0.2, 0.25) is 0 Å². The Morgan fingerprint density at radius 1 is 0.162 bits per heavy atom. The van der Waals surface area contributed by atoms with Gasteiger partial charge in [-0.25, -0.2) is 0 Å². The molecule has 0 atom stereocenters. The Morgan fingerprint density at radius 2 is 0.531 bits per heavy atom. The first-order chi connectivity index (χ1) is 63.7. The molecule has 0 spiro atoms. The summed E-state index contributed by atoms with van der Waals surface area (Å²) < 4.78 is 0. The van der Waals surface area contributed by atoms with Gasteiger partial charge in [-0.05, 0) is 222 Å². The second-order valence-corrected chi connectivity index (χ2v) is 26.8. The van der Waals surface area contributed by atoms with Crippen molar-refractivity contribution in [1.29, 1.82) is 0 Å². The fraction of sp³-hybridized carbons (Fsp3) is 0.250. The first kappa shape index (κ1) is 114. The number of pyridine rings is 10. The molecule has 10 aromatic carbocycles. The highest BCUT2D eigenvalue weighted by molar-refractivity contribution is 5.88. The number of para-hydroxylation sites is 3. The van der Waals surface area contributed by atoms with Crippen LogP contribution in [0.4, 0.5) is 0 Å². The average molecular weight is 1730 g/mol. The molecule has 10 nitrogen and oxygen atoms in total. The molecular weight excluding hydrogens is 1580 g/mol. The third-order valence-electron chi connectivity index (χ3n) is 18.0. The van der Waals surface area contributed by atoms with E-state index in [-0.39, 0.29) is 0 Å². The molecule has 20 rings (SSSR count). The third-order valence-corrected chi connectivity index (χ3v) is 18.0. The van der Waals surface area contributed by atoms with Crippen LogP contribution in [0.3, 0.4) is 0 Å². The highest BCUT2D eigenvalue weighted by Gasteiger charge is 2.01. The molecular formula is C120H150N10. The molecule has 0 saturated carbocycles. The largest absolute Gasteiger partial charge is 0.264 e. The second kappa shape index (κ2) is 70.4. The van der Waals surface area contributed by atoms with E-state index in [9.17, 15) is 0 Å². The number of rotatable bonds is 0. The van der Waals surface area contributed by atoms with Crippen LogP contribution in [0.1, 0.15) is 194 Å².